The van der Waals surface area contributed by atoms with Crippen LogP contribution in [-0.2, 0) is 4.79 Å². The minimum atomic E-state index is -0.245. The van der Waals surface area contributed by atoms with Crippen LogP contribution < -0.4 is 5.32 Å². The van der Waals surface area contributed by atoms with Crippen molar-refractivity contribution >= 4 is 11.6 Å². The van der Waals surface area contributed by atoms with Gasteiger partial charge in [-0.05, 0) is 43.7 Å². The predicted molar refractivity (Wildman–Crippen MR) is 84.9 cm³/mol. The first-order valence-corrected chi connectivity index (χ1v) is 7.80. The Kier molecular flexibility index (Phi) is 4.67. The van der Waals surface area contributed by atoms with E-state index in [1.165, 1.54) is 0 Å². The van der Waals surface area contributed by atoms with Gasteiger partial charge in [-0.25, -0.2) is 0 Å². The van der Waals surface area contributed by atoms with Gasteiger partial charge in [0.1, 0.15) is 6.07 Å². The summed E-state index contributed by atoms with van der Waals surface area (Å²) in [6.07, 6.45) is 5.10. The Morgan fingerprint density at radius 2 is 2.05 bits per heavy atom. The quantitative estimate of drug-likeness (QED) is 0.890. The third-order valence-corrected chi connectivity index (χ3v) is 4.47. The van der Waals surface area contributed by atoms with Crippen molar-refractivity contribution in [2.75, 3.05) is 5.32 Å². The molecule has 0 bridgehead atoms. The molecule has 0 aromatic heterocycles. The number of hydrogen-bond donors (Lipinski definition) is 1. The number of nitrogens with one attached hydrogen (secondary N) is 1. The smallest absolute Gasteiger partial charge is 0.230 e. The first-order valence-electron chi connectivity index (χ1n) is 7.80. The molecule has 1 aromatic carbocycles. The van der Waals surface area contributed by atoms with E-state index in [-0.39, 0.29) is 11.3 Å². The zero-order valence-corrected chi connectivity index (χ0v) is 13.2. The second-order valence-corrected chi connectivity index (χ2v) is 6.65. The average Bonchev–Trinajstić information content (AvgIpc) is 2.88. The SMILES string of the molecule is Cc1cccc(NC(=O)C2(CC(C)C)CCCC2)c1C#N. The number of carbonyl (C=O) groups excluding carboxylic acids is 1. The number of rotatable bonds is 4. The summed E-state index contributed by atoms with van der Waals surface area (Å²) in [7, 11) is 0. The highest BCUT2D eigenvalue weighted by Gasteiger charge is 2.41. The van der Waals surface area contributed by atoms with E-state index in [1.54, 1.807) is 0 Å². The maximum atomic E-state index is 12.8. The van der Waals surface area contributed by atoms with Gasteiger partial charge in [0.05, 0.1) is 11.3 Å². The van der Waals surface area contributed by atoms with Crippen molar-refractivity contribution in [1.29, 1.82) is 5.26 Å². The molecular formula is C18H24N2O. The molecule has 0 unspecified atom stereocenters. The fourth-order valence-electron chi connectivity index (χ4n) is 3.53. The Labute approximate surface area is 127 Å². The minimum Gasteiger partial charge on any atom is -0.324 e. The summed E-state index contributed by atoms with van der Waals surface area (Å²) in [5, 5.41) is 12.3. The molecule has 1 N–H and O–H groups in total. The standard InChI is InChI=1S/C18H24N2O/c1-13(2)11-18(9-4-5-10-18)17(21)20-16-8-6-7-14(3)15(16)12-19/h6-8,13H,4-5,9-11H2,1-3H3,(H,20,21). The molecule has 1 saturated carbocycles. The second-order valence-electron chi connectivity index (χ2n) is 6.65. The molecule has 0 atom stereocenters. The van der Waals surface area contributed by atoms with Crippen LogP contribution in [-0.4, -0.2) is 5.91 Å². The van der Waals surface area contributed by atoms with Crippen molar-refractivity contribution in [3.8, 4) is 6.07 Å². The van der Waals surface area contributed by atoms with Gasteiger partial charge in [0, 0.05) is 5.41 Å². The molecule has 0 saturated heterocycles. The molecule has 1 fully saturated rings. The third-order valence-electron chi connectivity index (χ3n) is 4.47. The lowest BCUT2D eigenvalue weighted by atomic mass is 9.77. The number of aryl methyl sites for hydroxylation is 1. The van der Waals surface area contributed by atoms with E-state index in [4.69, 9.17) is 0 Å². The van der Waals surface area contributed by atoms with Gasteiger partial charge in [-0.3, -0.25) is 4.79 Å². The van der Waals surface area contributed by atoms with E-state index in [2.05, 4.69) is 25.2 Å². The molecule has 21 heavy (non-hydrogen) atoms. The van der Waals surface area contributed by atoms with Crippen LogP contribution in [0.1, 0.15) is 57.1 Å². The summed E-state index contributed by atoms with van der Waals surface area (Å²) in [5.41, 5.74) is 1.88. The number of nitriles is 1. The highest BCUT2D eigenvalue weighted by molar-refractivity contribution is 5.96. The Bertz CT molecular complexity index is 563. The van der Waals surface area contributed by atoms with Crippen molar-refractivity contribution in [3.63, 3.8) is 0 Å². The summed E-state index contributed by atoms with van der Waals surface area (Å²) >= 11 is 0. The van der Waals surface area contributed by atoms with Gasteiger partial charge in [-0.1, -0.05) is 38.8 Å². The highest BCUT2D eigenvalue weighted by atomic mass is 16.2. The van der Waals surface area contributed by atoms with E-state index in [0.717, 1.165) is 37.7 Å². The zero-order chi connectivity index (χ0) is 15.5. The number of amides is 1. The molecular weight excluding hydrogens is 260 g/mol. The fraction of sp³-hybridized carbons (Fsp3) is 0.556. The summed E-state index contributed by atoms with van der Waals surface area (Å²) in [6, 6.07) is 7.80. The number of benzene rings is 1. The van der Waals surface area contributed by atoms with Gasteiger partial charge in [0.2, 0.25) is 5.91 Å². The average molecular weight is 284 g/mol. The van der Waals surface area contributed by atoms with E-state index in [9.17, 15) is 10.1 Å². The van der Waals surface area contributed by atoms with Gasteiger partial charge < -0.3 is 5.32 Å². The Morgan fingerprint density at radius 3 is 2.62 bits per heavy atom. The maximum Gasteiger partial charge on any atom is 0.230 e. The lowest BCUT2D eigenvalue weighted by molar-refractivity contribution is -0.126. The van der Waals surface area contributed by atoms with Crippen molar-refractivity contribution < 1.29 is 4.79 Å². The first-order chi connectivity index (χ1) is 9.98. The molecule has 1 amide bonds. The van der Waals surface area contributed by atoms with E-state index in [0.29, 0.717) is 17.2 Å². The van der Waals surface area contributed by atoms with Crippen molar-refractivity contribution in [2.24, 2.45) is 11.3 Å². The lowest BCUT2D eigenvalue weighted by Gasteiger charge is -2.29. The van der Waals surface area contributed by atoms with Crippen molar-refractivity contribution in [2.45, 2.75) is 52.9 Å². The molecule has 3 heteroatoms. The minimum absolute atomic E-state index is 0.0933. The zero-order valence-electron chi connectivity index (χ0n) is 13.2. The summed E-state index contributed by atoms with van der Waals surface area (Å²) in [4.78, 5) is 12.8. The van der Waals surface area contributed by atoms with Gasteiger partial charge in [-0.15, -0.1) is 0 Å². The molecule has 0 aliphatic heterocycles. The molecule has 0 spiro atoms. The summed E-state index contributed by atoms with van der Waals surface area (Å²) in [6.45, 7) is 6.23. The van der Waals surface area contributed by atoms with Crippen LogP contribution in [0, 0.1) is 29.6 Å². The van der Waals surface area contributed by atoms with Crippen LogP contribution in [0.4, 0.5) is 5.69 Å². The second kappa shape index (κ2) is 6.30. The number of anilines is 1. The van der Waals surface area contributed by atoms with E-state index < -0.39 is 0 Å². The van der Waals surface area contributed by atoms with Gasteiger partial charge in [0.15, 0.2) is 0 Å². The number of hydrogen-bond acceptors (Lipinski definition) is 2. The molecule has 3 nitrogen and oxygen atoms in total. The van der Waals surface area contributed by atoms with Gasteiger partial charge in [-0.2, -0.15) is 5.26 Å². The fourth-order valence-corrected chi connectivity index (χ4v) is 3.53. The molecule has 1 aliphatic carbocycles. The topological polar surface area (TPSA) is 52.9 Å². The molecule has 0 heterocycles. The molecule has 112 valence electrons. The van der Waals surface area contributed by atoms with Gasteiger partial charge in [0.25, 0.3) is 0 Å². The van der Waals surface area contributed by atoms with Crippen LogP contribution in [0.3, 0.4) is 0 Å². The van der Waals surface area contributed by atoms with E-state index in [1.807, 2.05) is 25.1 Å². The van der Waals surface area contributed by atoms with Crippen LogP contribution in [0.25, 0.3) is 0 Å². The van der Waals surface area contributed by atoms with Crippen LogP contribution >= 0.6 is 0 Å². The van der Waals surface area contributed by atoms with Crippen molar-refractivity contribution in [1.82, 2.24) is 0 Å². The molecule has 2 rings (SSSR count). The van der Waals surface area contributed by atoms with Gasteiger partial charge >= 0.3 is 0 Å². The number of nitrogens with zero attached hydrogens (tertiary/aromatic N) is 1. The highest BCUT2D eigenvalue weighted by Crippen LogP contribution is 2.44. The molecule has 0 radical (unpaired) electrons. The maximum absolute atomic E-state index is 12.8. The normalized spacial score (nSPS) is 16.7. The van der Waals surface area contributed by atoms with E-state index >= 15 is 0 Å². The largest absolute Gasteiger partial charge is 0.324 e. The lowest BCUT2D eigenvalue weighted by Crippen LogP contribution is -2.35. The first kappa shape index (κ1) is 15.6. The molecule has 1 aromatic rings. The number of carbonyl (C=O) groups is 1. The van der Waals surface area contributed by atoms with Crippen molar-refractivity contribution in [3.05, 3.63) is 29.3 Å². The van der Waals surface area contributed by atoms with Crippen LogP contribution in [0.5, 0.6) is 0 Å². The summed E-state index contributed by atoms with van der Waals surface area (Å²) in [5.74, 6) is 0.595. The Balaban J connectivity index is 2.24. The summed E-state index contributed by atoms with van der Waals surface area (Å²) < 4.78 is 0. The Hall–Kier alpha value is -1.82. The predicted octanol–water partition coefficient (Wildman–Crippen LogP) is 4.41. The molecule has 1 aliphatic rings. The monoisotopic (exact) mass is 284 g/mol. The Morgan fingerprint density at radius 1 is 1.38 bits per heavy atom. The van der Waals surface area contributed by atoms with Crippen LogP contribution in [0.2, 0.25) is 0 Å². The van der Waals surface area contributed by atoms with Crippen LogP contribution in [0.15, 0.2) is 18.2 Å². The third kappa shape index (κ3) is 3.26.